The molecule has 2 aromatic carbocycles. The van der Waals surface area contributed by atoms with Gasteiger partial charge in [-0.25, -0.2) is 0 Å². The van der Waals surface area contributed by atoms with Gasteiger partial charge in [0.15, 0.2) is 5.60 Å². The topological polar surface area (TPSA) is 9.23 Å². The second kappa shape index (κ2) is 5.87. The molecule has 7 rings (SSSR count). The van der Waals surface area contributed by atoms with E-state index in [0.29, 0.717) is 0 Å². The van der Waals surface area contributed by atoms with E-state index in [1.54, 1.807) is 0 Å². The Bertz CT molecular complexity index is 1300. The molecular weight excluding hydrogens is 404 g/mol. The lowest BCUT2D eigenvalue weighted by Gasteiger charge is -2.40. The predicted molar refractivity (Wildman–Crippen MR) is 125 cm³/mol. The molecule has 2 aromatic heterocycles. The second-order valence-corrected chi connectivity index (χ2v) is 11.4. The summed E-state index contributed by atoms with van der Waals surface area (Å²) in [6, 6.07) is 18.7. The van der Waals surface area contributed by atoms with Gasteiger partial charge in [0.05, 0.1) is 9.75 Å². The van der Waals surface area contributed by atoms with Gasteiger partial charge < -0.3 is 4.74 Å². The summed E-state index contributed by atoms with van der Waals surface area (Å²) < 4.78 is 7.11. The first-order valence-corrected chi connectivity index (χ1v) is 12.4. The van der Waals surface area contributed by atoms with Crippen LogP contribution in [0.1, 0.15) is 48.7 Å². The normalized spacial score (nSPS) is 17.0. The molecule has 148 valence electrons. The molecule has 30 heavy (non-hydrogen) atoms. The summed E-state index contributed by atoms with van der Waals surface area (Å²) in [6.45, 7) is 4.41. The van der Waals surface area contributed by atoms with E-state index in [0.717, 1.165) is 5.75 Å². The maximum Gasteiger partial charge on any atom is 0.186 e. The number of rotatable bonds is 2. The Hall–Kier alpha value is -2.36. The average molecular weight is 427 g/mol. The van der Waals surface area contributed by atoms with Crippen LogP contribution < -0.4 is 4.74 Å². The fraction of sp³-hybridized carbons (Fsp3) is 0.259. The van der Waals surface area contributed by atoms with Crippen LogP contribution >= 0.6 is 22.7 Å². The van der Waals surface area contributed by atoms with Gasteiger partial charge in [0.25, 0.3) is 0 Å². The van der Waals surface area contributed by atoms with Crippen LogP contribution in [-0.2, 0) is 31.3 Å². The van der Waals surface area contributed by atoms with E-state index in [9.17, 15) is 0 Å². The molecule has 0 atom stereocenters. The zero-order valence-corrected chi connectivity index (χ0v) is 18.8. The first-order chi connectivity index (χ1) is 14.6. The number of hydrogen-bond donors (Lipinski definition) is 0. The molecule has 1 nitrogen and oxygen atoms in total. The van der Waals surface area contributed by atoms with Crippen molar-refractivity contribution < 1.29 is 4.74 Å². The molecule has 0 saturated heterocycles. The molecule has 0 amide bonds. The second-order valence-electron chi connectivity index (χ2n) is 8.90. The van der Waals surface area contributed by atoms with Gasteiger partial charge in [0.2, 0.25) is 0 Å². The van der Waals surface area contributed by atoms with Gasteiger partial charge >= 0.3 is 0 Å². The molecule has 0 bridgehead atoms. The number of thiophene rings is 2. The highest BCUT2D eigenvalue weighted by atomic mass is 32.1. The lowest BCUT2D eigenvalue weighted by Crippen LogP contribution is -2.38. The van der Waals surface area contributed by atoms with Crippen molar-refractivity contribution in [1.29, 1.82) is 0 Å². The van der Waals surface area contributed by atoms with Crippen molar-refractivity contribution in [1.82, 2.24) is 0 Å². The first kappa shape index (κ1) is 17.3. The third-order valence-electron chi connectivity index (χ3n) is 7.08. The molecular formula is C27H22OS2. The third kappa shape index (κ3) is 2.17. The summed E-state index contributed by atoms with van der Waals surface area (Å²) in [7, 11) is 0. The summed E-state index contributed by atoms with van der Waals surface area (Å²) in [5.41, 5.74) is 9.25. The number of hydrogen-bond acceptors (Lipinski definition) is 3. The van der Waals surface area contributed by atoms with E-state index in [2.05, 4.69) is 62.4 Å². The van der Waals surface area contributed by atoms with Gasteiger partial charge in [-0.05, 0) is 73.9 Å². The van der Waals surface area contributed by atoms with Crippen molar-refractivity contribution in [3.05, 3.63) is 97.2 Å². The van der Waals surface area contributed by atoms with Gasteiger partial charge in [-0.15, -0.1) is 22.7 Å². The Kier molecular flexibility index (Phi) is 3.39. The van der Waals surface area contributed by atoms with E-state index in [1.165, 1.54) is 84.1 Å². The van der Waals surface area contributed by atoms with Gasteiger partial charge in [-0.2, -0.15) is 0 Å². The van der Waals surface area contributed by atoms with E-state index >= 15 is 0 Å². The fourth-order valence-corrected chi connectivity index (χ4v) is 7.46. The van der Waals surface area contributed by atoms with Crippen LogP contribution in [0, 0.1) is 13.8 Å². The Morgan fingerprint density at radius 2 is 1.23 bits per heavy atom. The molecule has 3 heteroatoms. The van der Waals surface area contributed by atoms with Crippen LogP contribution in [0.15, 0.2) is 48.5 Å². The largest absolute Gasteiger partial charge is 0.471 e. The quantitative estimate of drug-likeness (QED) is 0.336. The van der Waals surface area contributed by atoms with Crippen LogP contribution in [0.25, 0.3) is 9.75 Å². The molecule has 4 aromatic rings. The predicted octanol–water partition coefficient (Wildman–Crippen LogP) is 6.97. The van der Waals surface area contributed by atoms with Crippen molar-refractivity contribution in [3.8, 4) is 15.5 Å². The minimum atomic E-state index is -0.574. The first-order valence-electron chi connectivity index (χ1n) is 10.8. The summed E-state index contributed by atoms with van der Waals surface area (Å²) in [5, 5.41) is 0. The minimum absolute atomic E-state index is 0.574. The minimum Gasteiger partial charge on any atom is -0.471 e. The van der Waals surface area contributed by atoms with Crippen LogP contribution in [0.4, 0.5) is 0 Å². The molecule has 3 aliphatic rings. The van der Waals surface area contributed by atoms with Crippen LogP contribution in [-0.4, -0.2) is 0 Å². The fourth-order valence-electron chi connectivity index (χ4n) is 5.31. The number of benzene rings is 2. The molecule has 0 spiro atoms. The maximum atomic E-state index is 7.11. The smallest absolute Gasteiger partial charge is 0.186 e. The summed E-state index contributed by atoms with van der Waals surface area (Å²) in [6.07, 6.45) is 4.78. The number of fused-ring (bicyclic) bond motifs is 5. The van der Waals surface area contributed by atoms with Crippen molar-refractivity contribution in [2.75, 3.05) is 0 Å². The molecule has 3 heterocycles. The Morgan fingerprint density at radius 3 is 1.80 bits per heavy atom. The lowest BCUT2D eigenvalue weighted by atomic mass is 9.74. The highest BCUT2D eigenvalue weighted by Crippen LogP contribution is 2.57. The highest BCUT2D eigenvalue weighted by Gasteiger charge is 2.47. The zero-order valence-electron chi connectivity index (χ0n) is 17.2. The van der Waals surface area contributed by atoms with Crippen molar-refractivity contribution in [2.24, 2.45) is 0 Å². The molecule has 2 aliphatic carbocycles. The zero-order chi connectivity index (χ0) is 20.0. The maximum absolute atomic E-state index is 7.11. The summed E-state index contributed by atoms with van der Waals surface area (Å²) in [4.78, 5) is 5.34. The van der Waals surface area contributed by atoms with E-state index in [1.807, 2.05) is 22.7 Å². The van der Waals surface area contributed by atoms with Gasteiger partial charge in [-0.3, -0.25) is 0 Å². The highest BCUT2D eigenvalue weighted by molar-refractivity contribution is 7.22. The Labute approximate surface area is 185 Å². The Balaban J connectivity index is 1.57. The van der Waals surface area contributed by atoms with Crippen LogP contribution in [0.2, 0.25) is 0 Å². The van der Waals surface area contributed by atoms with E-state index in [4.69, 9.17) is 4.74 Å². The standard InChI is InChI=1S/C27H22OS2/c1-15-11-23-25(29-15)26-24(12-16(2)30-26)28-27(23,21-9-7-17-3-5-19(17)13-21)22-10-8-18-4-6-20(18)14-22/h7-14H,3-6H2,1-2H3. The summed E-state index contributed by atoms with van der Waals surface area (Å²) >= 11 is 3.77. The number of aryl methyl sites for hydroxylation is 6. The Morgan fingerprint density at radius 1 is 0.667 bits per heavy atom. The van der Waals surface area contributed by atoms with Gasteiger partial charge in [0, 0.05) is 26.4 Å². The van der Waals surface area contributed by atoms with Crippen LogP contribution in [0.3, 0.4) is 0 Å². The molecule has 1 aliphatic heterocycles. The lowest BCUT2D eigenvalue weighted by molar-refractivity contribution is 0.153. The van der Waals surface area contributed by atoms with Crippen molar-refractivity contribution >= 4 is 22.7 Å². The monoisotopic (exact) mass is 426 g/mol. The third-order valence-corrected chi connectivity index (χ3v) is 9.32. The van der Waals surface area contributed by atoms with Crippen molar-refractivity contribution in [2.45, 2.75) is 45.1 Å². The SMILES string of the molecule is Cc1cc2c(s1)-c1sc(C)cc1C(c1ccc3c(c1)CC3)(c1ccc3c(c1)CC3)O2. The van der Waals surface area contributed by atoms with Gasteiger partial charge in [0.1, 0.15) is 5.75 Å². The van der Waals surface area contributed by atoms with Crippen molar-refractivity contribution in [3.63, 3.8) is 0 Å². The molecule has 0 N–H and O–H groups in total. The average Bonchev–Trinajstić information content (AvgIpc) is 3.25. The van der Waals surface area contributed by atoms with E-state index in [-0.39, 0.29) is 0 Å². The molecule has 0 fully saturated rings. The van der Waals surface area contributed by atoms with E-state index < -0.39 is 5.60 Å². The molecule has 0 radical (unpaired) electrons. The summed E-state index contributed by atoms with van der Waals surface area (Å²) in [5.74, 6) is 1.04. The van der Waals surface area contributed by atoms with Gasteiger partial charge in [-0.1, -0.05) is 36.4 Å². The number of ether oxygens (including phenoxy) is 1. The molecule has 0 saturated carbocycles. The van der Waals surface area contributed by atoms with Crippen LogP contribution in [0.5, 0.6) is 5.75 Å². The molecule has 0 unspecified atom stereocenters.